The van der Waals surface area contributed by atoms with Gasteiger partial charge in [-0.15, -0.1) is 0 Å². The van der Waals surface area contributed by atoms with Crippen LogP contribution in [0.3, 0.4) is 0 Å². The van der Waals surface area contributed by atoms with Crippen LogP contribution in [-0.2, 0) is 14.3 Å². The van der Waals surface area contributed by atoms with Gasteiger partial charge >= 0.3 is 5.97 Å². The van der Waals surface area contributed by atoms with Crippen LogP contribution >= 0.6 is 0 Å². The van der Waals surface area contributed by atoms with Gasteiger partial charge in [-0.2, -0.15) is 0 Å². The summed E-state index contributed by atoms with van der Waals surface area (Å²) in [6.45, 7) is 10.6. The van der Waals surface area contributed by atoms with Gasteiger partial charge < -0.3 is 14.6 Å². The molecule has 0 spiro atoms. The molecule has 6 atom stereocenters. The average molecular weight is 369 g/mol. The van der Waals surface area contributed by atoms with E-state index in [1.54, 1.807) is 0 Å². The van der Waals surface area contributed by atoms with E-state index in [1.807, 2.05) is 25.2 Å². The van der Waals surface area contributed by atoms with Crippen molar-refractivity contribution in [3.63, 3.8) is 0 Å². The zero-order valence-corrected chi connectivity index (χ0v) is 16.5. The summed E-state index contributed by atoms with van der Waals surface area (Å²) in [4.78, 5) is 11.6. The lowest BCUT2D eigenvalue weighted by Crippen LogP contribution is -2.46. The molecule has 0 amide bonds. The van der Waals surface area contributed by atoms with Crippen LogP contribution in [0.25, 0.3) is 0 Å². The highest BCUT2D eigenvalue weighted by molar-refractivity contribution is 5.78. The zero-order valence-electron chi connectivity index (χ0n) is 16.5. The number of esters is 1. The number of cyclic esters (lactones) is 1. The van der Waals surface area contributed by atoms with E-state index in [9.17, 15) is 9.90 Å². The largest absolute Gasteiger partial charge is 0.453 e. The van der Waals surface area contributed by atoms with Crippen LogP contribution in [0.1, 0.15) is 47.5 Å². The lowest BCUT2D eigenvalue weighted by atomic mass is 10.4. The molecule has 2 fully saturated rings. The second-order valence-corrected chi connectivity index (χ2v) is 7.76. The van der Waals surface area contributed by atoms with E-state index in [0.29, 0.717) is 11.8 Å². The maximum Gasteiger partial charge on any atom is 0.338 e. The molecule has 0 aromatic carbocycles. The van der Waals surface area contributed by atoms with E-state index in [-0.39, 0.29) is 0 Å². The number of hydrogen-bond acceptors (Lipinski definition) is 4. The smallest absolute Gasteiger partial charge is 0.338 e. The van der Waals surface area contributed by atoms with Crippen LogP contribution in [0.15, 0.2) is 48.1 Å². The van der Waals surface area contributed by atoms with Gasteiger partial charge in [-0.1, -0.05) is 69.2 Å². The van der Waals surface area contributed by atoms with Gasteiger partial charge in [0.05, 0.1) is 0 Å². The van der Waals surface area contributed by atoms with Crippen LogP contribution in [0.2, 0.25) is 0 Å². The quantitative estimate of drug-likeness (QED) is 0.303. The summed E-state index contributed by atoms with van der Waals surface area (Å²) in [6, 6.07) is 0. The van der Waals surface area contributed by atoms with Crippen molar-refractivity contribution < 1.29 is 19.4 Å². The number of allylic oxidation sites excluding steroid dienone is 7. The van der Waals surface area contributed by atoms with Gasteiger partial charge in [0.2, 0.25) is 0 Å². The number of aliphatic hydroxyl groups excluding tert-OH is 1. The molecule has 26 heavy (non-hydrogen) atoms. The zero-order chi connectivity index (χ0) is 19.3. The fourth-order valence-electron chi connectivity index (χ4n) is 3.12. The molecule has 0 bridgehead atoms. The first-order valence-corrected chi connectivity index (χ1v) is 9.53. The molecule has 1 N–H and O–H groups in total. The molecule has 4 heteroatoms. The van der Waals surface area contributed by atoms with Crippen molar-refractivity contribution in [3.8, 4) is 0 Å². The fourth-order valence-corrected chi connectivity index (χ4v) is 3.12. The summed E-state index contributed by atoms with van der Waals surface area (Å²) in [5, 5.41) is 9.66. The Kier molecular flexibility index (Phi) is 7.01. The number of hydrogen-bond donors (Lipinski definition) is 1. The van der Waals surface area contributed by atoms with Crippen LogP contribution in [0.5, 0.6) is 0 Å². The first-order valence-electron chi connectivity index (χ1n) is 9.53. The number of carbonyl (C=O) groups is 1. The van der Waals surface area contributed by atoms with E-state index in [1.165, 1.54) is 5.57 Å². The maximum absolute atomic E-state index is 11.6. The molecule has 6 unspecified atom stereocenters. The van der Waals surface area contributed by atoms with Gasteiger partial charge in [-0.05, 0) is 38.2 Å². The van der Waals surface area contributed by atoms with E-state index >= 15 is 0 Å². The second-order valence-electron chi connectivity index (χ2n) is 7.76. The molecule has 0 radical (unpaired) electrons. The Labute approximate surface area is 157 Å². The van der Waals surface area contributed by atoms with Crippen LogP contribution in [0.4, 0.5) is 0 Å². The molecule has 2 rings (SSSR count). The van der Waals surface area contributed by atoms with Crippen molar-refractivity contribution >= 4 is 5.97 Å². The Morgan fingerprint density at radius 1 is 1.23 bits per heavy atom. The van der Waals surface area contributed by atoms with Crippen LogP contribution in [0, 0.1) is 11.8 Å². The minimum Gasteiger partial charge on any atom is -0.453 e. The summed E-state index contributed by atoms with van der Waals surface area (Å²) in [6.07, 6.45) is 14.5. The van der Waals surface area contributed by atoms with Gasteiger partial charge in [0, 0.05) is 0 Å². The van der Waals surface area contributed by atoms with Crippen molar-refractivity contribution in [2.75, 3.05) is 0 Å². The van der Waals surface area contributed by atoms with Crippen molar-refractivity contribution in [3.05, 3.63) is 48.1 Å². The Balaban J connectivity index is 1.81. The fraction of sp³-hybridized carbons (Fsp3) is 0.591. The van der Waals surface area contributed by atoms with Crippen molar-refractivity contribution in [2.24, 2.45) is 11.8 Å². The number of epoxide rings is 1. The molecule has 2 saturated heterocycles. The molecule has 0 aliphatic carbocycles. The van der Waals surface area contributed by atoms with Gasteiger partial charge in [-0.25, -0.2) is 4.79 Å². The molecule has 0 aromatic rings. The van der Waals surface area contributed by atoms with Crippen molar-refractivity contribution in [2.45, 2.75) is 71.4 Å². The Morgan fingerprint density at radius 2 is 1.92 bits per heavy atom. The summed E-state index contributed by atoms with van der Waals surface area (Å²) < 4.78 is 10.7. The standard InChI is InChI=1S/C22H32O4/c1-6-15(2)11-9-12-17(4)14-16(3)10-7-8-13-18-22(5)20(26-22)19(23)21(24)25-18/h7-13,15-16,18-20,23H,6,14H2,1-5H3/b10-7+,11-9+,13-8+,17-12+/i1+1,7+1,9+1,13+1,15+1,16+1,17+1,19+1,22+1. The van der Waals surface area contributed by atoms with E-state index in [2.05, 4.69) is 52.0 Å². The normalized spacial score (nSPS) is 34.3. The molecule has 2 aliphatic rings. The first kappa shape index (κ1) is 20.7. The maximum atomic E-state index is 11.6. The summed E-state index contributed by atoms with van der Waals surface area (Å²) in [5.74, 6) is 0.431. The summed E-state index contributed by atoms with van der Waals surface area (Å²) in [5.41, 5.74) is 0.757. The highest BCUT2D eigenvalue weighted by Gasteiger charge is 2.67. The van der Waals surface area contributed by atoms with E-state index in [4.69, 9.17) is 9.47 Å². The number of fused-ring (bicyclic) bond motifs is 1. The molecule has 2 heterocycles. The van der Waals surface area contributed by atoms with Crippen LogP contribution < -0.4 is 0 Å². The van der Waals surface area contributed by atoms with Gasteiger partial charge in [0.1, 0.15) is 11.7 Å². The number of aliphatic hydroxyl groups is 1. The Hall–Kier alpha value is -1.65. The third-order valence-electron chi connectivity index (χ3n) is 5.17. The summed E-state index contributed by atoms with van der Waals surface area (Å²) >= 11 is 0. The highest BCUT2D eigenvalue weighted by atomic mass is 16.8. The Morgan fingerprint density at radius 3 is 2.62 bits per heavy atom. The minimum atomic E-state index is -1.16. The van der Waals surface area contributed by atoms with Crippen LogP contribution in [-0.4, -0.2) is 35.0 Å². The predicted octanol–water partition coefficient (Wildman–Crippen LogP) is 4.12. The van der Waals surface area contributed by atoms with Gasteiger partial charge in [0.25, 0.3) is 0 Å². The molecule has 144 valence electrons. The molecular weight excluding hydrogens is 337 g/mol. The lowest BCUT2D eigenvalue weighted by molar-refractivity contribution is -0.162. The number of carbonyl (C=O) groups excluding carboxylic acids is 1. The van der Waals surface area contributed by atoms with E-state index < -0.39 is 29.9 Å². The first-order chi connectivity index (χ1) is 12.3. The summed E-state index contributed by atoms with van der Waals surface area (Å²) in [7, 11) is 0. The SMILES string of the molecule is C/[13C](=C\[13CH]=C\[13CH](C)C[13CH3])C[13CH](C)/C=[13CH]/C=[13CH]/C1OC(=O)[13CH](O)C2O[13C]12C. The lowest BCUT2D eigenvalue weighted by Gasteiger charge is -2.24. The predicted molar refractivity (Wildman–Crippen MR) is 104 cm³/mol. The average Bonchev–Trinajstić information content (AvgIpc) is 3.29. The van der Waals surface area contributed by atoms with Crippen molar-refractivity contribution in [1.82, 2.24) is 0 Å². The van der Waals surface area contributed by atoms with E-state index in [0.717, 1.165) is 12.8 Å². The monoisotopic (exact) mass is 369 g/mol. The molecule has 0 saturated carbocycles. The number of ether oxygens (including phenoxy) is 2. The van der Waals surface area contributed by atoms with Gasteiger partial charge in [0.15, 0.2) is 12.2 Å². The third-order valence-corrected chi connectivity index (χ3v) is 5.17. The highest BCUT2D eigenvalue weighted by Crippen LogP contribution is 2.46. The van der Waals surface area contributed by atoms with Gasteiger partial charge in [-0.3, -0.25) is 0 Å². The molecule has 4 nitrogen and oxygen atoms in total. The third kappa shape index (κ3) is 5.18. The topological polar surface area (TPSA) is 59.1 Å². The molecule has 0 aromatic heterocycles. The minimum absolute atomic E-state index is 0.420. The Bertz CT molecular complexity index is 616. The molecule has 2 aliphatic heterocycles. The van der Waals surface area contributed by atoms with Crippen molar-refractivity contribution in [1.29, 1.82) is 0 Å². The molecular formula is C22H32O4. The number of rotatable bonds is 8. The second kappa shape index (κ2) is 8.83.